The van der Waals surface area contributed by atoms with E-state index in [0.29, 0.717) is 0 Å². The molecule has 88 valence electrons. The van der Waals surface area contributed by atoms with Crippen LogP contribution in [0.3, 0.4) is 0 Å². The molecule has 0 saturated heterocycles. The molecule has 1 aromatic rings. The second-order valence-electron chi connectivity index (χ2n) is 5.11. The smallest absolute Gasteiger partial charge is 0.0207 e. The Morgan fingerprint density at radius 1 is 1.19 bits per heavy atom. The molecule has 1 saturated carbocycles. The Morgan fingerprint density at radius 2 is 1.81 bits per heavy atom. The summed E-state index contributed by atoms with van der Waals surface area (Å²) in [5.74, 6) is 0. The first-order valence-electron chi connectivity index (χ1n) is 6.06. The normalized spacial score (nSPS) is 19.0. The number of hydrogen-bond donors (Lipinski definition) is 1. The summed E-state index contributed by atoms with van der Waals surface area (Å²) in [6, 6.07) is 4.57. The number of nitrogens with two attached hydrogens (primary N) is 1. The van der Waals surface area contributed by atoms with Crippen LogP contribution in [0.25, 0.3) is 0 Å². The second kappa shape index (κ2) is 4.50. The van der Waals surface area contributed by atoms with Crippen LogP contribution in [0.1, 0.15) is 42.4 Å². The van der Waals surface area contributed by atoms with Gasteiger partial charge in [0.2, 0.25) is 0 Å². The van der Waals surface area contributed by atoms with Gasteiger partial charge in [0.25, 0.3) is 0 Å². The van der Waals surface area contributed by atoms with Crippen LogP contribution in [-0.4, -0.2) is 6.54 Å². The van der Waals surface area contributed by atoms with E-state index in [1.54, 1.807) is 0 Å². The predicted molar refractivity (Wildman–Crippen MR) is 72.8 cm³/mol. The summed E-state index contributed by atoms with van der Waals surface area (Å²) in [5.41, 5.74) is 10.5. The Hall–Kier alpha value is -0.340. The maximum Gasteiger partial charge on any atom is 0.0207 e. The van der Waals surface area contributed by atoms with Crippen LogP contribution in [0.2, 0.25) is 0 Å². The van der Waals surface area contributed by atoms with E-state index in [1.807, 2.05) is 0 Å². The molecule has 2 heteroatoms. The highest BCUT2D eigenvalue weighted by molar-refractivity contribution is 9.10. The van der Waals surface area contributed by atoms with Crippen molar-refractivity contribution in [1.82, 2.24) is 0 Å². The number of benzene rings is 1. The first-order chi connectivity index (χ1) is 7.59. The van der Waals surface area contributed by atoms with E-state index in [-0.39, 0.29) is 5.41 Å². The Morgan fingerprint density at radius 3 is 2.38 bits per heavy atom. The minimum Gasteiger partial charge on any atom is -0.330 e. The number of halogens is 1. The quantitative estimate of drug-likeness (QED) is 0.876. The topological polar surface area (TPSA) is 26.0 Å². The van der Waals surface area contributed by atoms with E-state index in [0.717, 1.165) is 6.54 Å². The fourth-order valence-electron chi connectivity index (χ4n) is 2.99. The fraction of sp³-hybridized carbons (Fsp3) is 0.571. The molecule has 0 amide bonds. The van der Waals surface area contributed by atoms with Gasteiger partial charge in [-0.3, -0.25) is 0 Å². The average Bonchev–Trinajstić information content (AvgIpc) is 2.73. The van der Waals surface area contributed by atoms with Gasteiger partial charge in [-0.05, 0) is 49.4 Å². The number of rotatable bonds is 2. The zero-order chi connectivity index (χ0) is 11.8. The largest absolute Gasteiger partial charge is 0.330 e. The molecule has 1 fully saturated rings. The molecular formula is C14H20BrN. The Kier molecular flexibility index (Phi) is 3.41. The minimum atomic E-state index is 0.259. The van der Waals surface area contributed by atoms with Gasteiger partial charge in [0.15, 0.2) is 0 Å². The maximum absolute atomic E-state index is 6.05. The van der Waals surface area contributed by atoms with Crippen molar-refractivity contribution in [1.29, 1.82) is 0 Å². The first-order valence-corrected chi connectivity index (χ1v) is 6.86. The Labute approximate surface area is 107 Å². The summed E-state index contributed by atoms with van der Waals surface area (Å²) in [4.78, 5) is 0. The molecule has 1 aromatic carbocycles. The molecule has 16 heavy (non-hydrogen) atoms. The molecule has 1 aliphatic carbocycles. The van der Waals surface area contributed by atoms with Crippen molar-refractivity contribution < 1.29 is 0 Å². The van der Waals surface area contributed by atoms with Crippen LogP contribution in [0, 0.1) is 13.8 Å². The van der Waals surface area contributed by atoms with Gasteiger partial charge in [0, 0.05) is 16.4 Å². The zero-order valence-corrected chi connectivity index (χ0v) is 11.7. The van der Waals surface area contributed by atoms with Gasteiger partial charge in [-0.25, -0.2) is 0 Å². The monoisotopic (exact) mass is 281 g/mol. The third-order valence-corrected chi connectivity index (χ3v) is 4.88. The maximum atomic E-state index is 6.05. The lowest BCUT2D eigenvalue weighted by atomic mass is 9.76. The molecule has 2 N–H and O–H groups in total. The van der Waals surface area contributed by atoms with E-state index in [4.69, 9.17) is 5.73 Å². The standard InChI is InChI=1S/C14H20BrN/c1-10-8-13(15)11(2)7-12(10)14(9-16)5-3-4-6-14/h7-8H,3-6,9,16H2,1-2H3. The van der Waals surface area contributed by atoms with Gasteiger partial charge < -0.3 is 5.73 Å². The highest BCUT2D eigenvalue weighted by Crippen LogP contribution is 2.42. The molecule has 1 nitrogen and oxygen atoms in total. The lowest BCUT2D eigenvalue weighted by molar-refractivity contribution is 0.450. The number of aryl methyl sites for hydroxylation is 2. The van der Waals surface area contributed by atoms with Crippen LogP contribution >= 0.6 is 15.9 Å². The van der Waals surface area contributed by atoms with Crippen molar-refractivity contribution in [2.75, 3.05) is 6.54 Å². The summed E-state index contributed by atoms with van der Waals surface area (Å²) in [7, 11) is 0. The van der Waals surface area contributed by atoms with Crippen LogP contribution in [0.15, 0.2) is 16.6 Å². The molecule has 0 aliphatic heterocycles. The molecule has 0 atom stereocenters. The molecule has 1 aliphatic rings. The highest BCUT2D eigenvalue weighted by Gasteiger charge is 2.35. The van der Waals surface area contributed by atoms with E-state index in [1.165, 1.54) is 46.8 Å². The first kappa shape index (κ1) is 12.1. The van der Waals surface area contributed by atoms with Gasteiger partial charge in [-0.2, -0.15) is 0 Å². The van der Waals surface area contributed by atoms with Crippen molar-refractivity contribution in [3.8, 4) is 0 Å². The van der Waals surface area contributed by atoms with E-state index in [9.17, 15) is 0 Å². The third kappa shape index (κ3) is 1.93. The van der Waals surface area contributed by atoms with Gasteiger partial charge in [-0.1, -0.05) is 34.8 Å². The van der Waals surface area contributed by atoms with Crippen molar-refractivity contribution in [3.63, 3.8) is 0 Å². The molecule has 0 aromatic heterocycles. The van der Waals surface area contributed by atoms with E-state index < -0.39 is 0 Å². The lowest BCUT2D eigenvalue weighted by Crippen LogP contribution is -2.32. The van der Waals surface area contributed by atoms with Gasteiger partial charge in [0.05, 0.1) is 0 Å². The van der Waals surface area contributed by atoms with Gasteiger partial charge in [-0.15, -0.1) is 0 Å². The predicted octanol–water partition coefficient (Wildman–Crippen LogP) is 3.84. The lowest BCUT2D eigenvalue weighted by Gasteiger charge is -2.30. The van der Waals surface area contributed by atoms with Gasteiger partial charge in [0.1, 0.15) is 0 Å². The Bertz CT molecular complexity index is 392. The highest BCUT2D eigenvalue weighted by atomic mass is 79.9. The molecule has 0 bridgehead atoms. The van der Waals surface area contributed by atoms with Crippen LogP contribution in [-0.2, 0) is 5.41 Å². The SMILES string of the molecule is Cc1cc(C2(CN)CCCC2)c(C)cc1Br. The molecule has 0 radical (unpaired) electrons. The van der Waals surface area contributed by atoms with E-state index in [2.05, 4.69) is 41.9 Å². The van der Waals surface area contributed by atoms with Crippen LogP contribution in [0.5, 0.6) is 0 Å². The van der Waals surface area contributed by atoms with Gasteiger partial charge >= 0.3 is 0 Å². The molecule has 2 rings (SSSR count). The summed E-state index contributed by atoms with van der Waals surface area (Å²) in [5, 5.41) is 0. The fourth-order valence-corrected chi connectivity index (χ4v) is 3.45. The molecule has 0 unspecified atom stereocenters. The van der Waals surface area contributed by atoms with Crippen molar-refractivity contribution in [3.05, 3.63) is 33.3 Å². The summed E-state index contributed by atoms with van der Waals surface area (Å²) >= 11 is 3.60. The van der Waals surface area contributed by atoms with Crippen LogP contribution in [0.4, 0.5) is 0 Å². The van der Waals surface area contributed by atoms with Crippen LogP contribution < -0.4 is 5.73 Å². The second-order valence-corrected chi connectivity index (χ2v) is 5.96. The molecule has 0 heterocycles. The zero-order valence-electron chi connectivity index (χ0n) is 10.1. The molecular weight excluding hydrogens is 262 g/mol. The summed E-state index contributed by atoms with van der Waals surface area (Å²) < 4.78 is 1.21. The van der Waals surface area contributed by atoms with Crippen molar-refractivity contribution in [2.45, 2.75) is 44.9 Å². The molecule has 0 spiro atoms. The minimum absolute atomic E-state index is 0.259. The van der Waals surface area contributed by atoms with Crippen molar-refractivity contribution in [2.24, 2.45) is 5.73 Å². The number of hydrogen-bond acceptors (Lipinski definition) is 1. The average molecular weight is 282 g/mol. The third-order valence-electron chi connectivity index (χ3n) is 4.03. The van der Waals surface area contributed by atoms with Crippen molar-refractivity contribution >= 4 is 15.9 Å². The summed E-state index contributed by atoms with van der Waals surface area (Å²) in [6.45, 7) is 5.15. The van der Waals surface area contributed by atoms with E-state index >= 15 is 0 Å². The summed E-state index contributed by atoms with van der Waals surface area (Å²) in [6.07, 6.45) is 5.16. The Balaban J connectivity index is 2.50.